The Hall–Kier alpha value is -3.98. The molecule has 19 heteroatoms. The number of halogens is 4. The number of alkyl halides is 3. The van der Waals surface area contributed by atoms with Crippen LogP contribution in [0.25, 0.3) is 0 Å². The standard InChI is InChI=1S/C40H51ClF3N5O9S/c1-38(2)10-8-29-32(20-38)59-37(34(29)36(55)49-46-22-27-6-7-31(41)30(19-27)40(42,43)44)47-35(54)28-5-3-4-26(18-28)21-45-11-13-57-15-17-58-16-14-56-12-9-33(53)48-39(23-50,24-51)25-52/h3-7,18-19,22,45,50-52H,8-17,20-21,23-25H2,1-2H3,(H,47,54)(H,48,53)(H,49,55)/b46-22+. The van der Waals surface area contributed by atoms with Crippen LogP contribution in [0.5, 0.6) is 0 Å². The van der Waals surface area contributed by atoms with E-state index in [0.717, 1.165) is 40.8 Å². The van der Waals surface area contributed by atoms with Crippen LogP contribution in [0.1, 0.15) is 74.5 Å². The summed E-state index contributed by atoms with van der Waals surface area (Å²) in [4.78, 5) is 40.0. The van der Waals surface area contributed by atoms with Gasteiger partial charge in [-0.05, 0) is 65.6 Å². The molecule has 0 fully saturated rings. The molecule has 14 nitrogen and oxygen atoms in total. The molecule has 59 heavy (non-hydrogen) atoms. The molecule has 3 amide bonds. The maximum absolute atomic E-state index is 13.5. The minimum atomic E-state index is -4.65. The first-order chi connectivity index (χ1) is 28.1. The molecule has 0 unspecified atom stereocenters. The second-order valence-electron chi connectivity index (χ2n) is 14.7. The summed E-state index contributed by atoms with van der Waals surface area (Å²) < 4.78 is 56.4. The molecule has 0 bridgehead atoms. The highest BCUT2D eigenvalue weighted by atomic mass is 35.5. The minimum Gasteiger partial charge on any atom is -0.394 e. The molecule has 1 heterocycles. The van der Waals surface area contributed by atoms with Gasteiger partial charge in [-0.3, -0.25) is 14.4 Å². The summed E-state index contributed by atoms with van der Waals surface area (Å²) in [6, 6.07) is 10.4. The fraction of sp³-hybridized carbons (Fsp3) is 0.500. The predicted molar refractivity (Wildman–Crippen MR) is 217 cm³/mol. The molecule has 0 aliphatic heterocycles. The highest BCUT2D eigenvalue weighted by molar-refractivity contribution is 7.17. The fourth-order valence-corrected chi connectivity index (χ4v) is 7.73. The van der Waals surface area contributed by atoms with E-state index in [-0.39, 0.29) is 36.2 Å². The maximum atomic E-state index is 13.5. The quantitative estimate of drug-likeness (QED) is 0.0410. The molecule has 0 atom stereocenters. The van der Waals surface area contributed by atoms with Gasteiger partial charge in [-0.1, -0.05) is 43.6 Å². The van der Waals surface area contributed by atoms with Crippen LogP contribution in [0.2, 0.25) is 5.02 Å². The number of hydrazone groups is 1. The van der Waals surface area contributed by atoms with Crippen LogP contribution in [0.15, 0.2) is 47.6 Å². The van der Waals surface area contributed by atoms with Crippen molar-refractivity contribution in [1.29, 1.82) is 0 Å². The predicted octanol–water partition coefficient (Wildman–Crippen LogP) is 4.31. The molecule has 3 aromatic rings. The summed E-state index contributed by atoms with van der Waals surface area (Å²) in [6.45, 7) is 5.22. The van der Waals surface area contributed by atoms with Gasteiger partial charge >= 0.3 is 6.18 Å². The van der Waals surface area contributed by atoms with Crippen molar-refractivity contribution in [1.82, 2.24) is 16.1 Å². The Morgan fingerprint density at radius 3 is 2.29 bits per heavy atom. The van der Waals surface area contributed by atoms with Crippen molar-refractivity contribution in [2.75, 3.05) is 71.3 Å². The number of fused-ring (bicyclic) bond motifs is 1. The van der Waals surface area contributed by atoms with Crippen LogP contribution in [-0.2, 0) is 44.6 Å². The number of carbonyl (C=O) groups is 3. The molecule has 0 saturated heterocycles. The molecule has 1 aliphatic rings. The normalized spacial score (nSPS) is 14.0. The summed E-state index contributed by atoms with van der Waals surface area (Å²) in [5, 5.41) is 40.2. The first-order valence-corrected chi connectivity index (χ1v) is 20.1. The number of nitrogens with zero attached hydrogens (tertiary/aromatic N) is 1. The minimum absolute atomic E-state index is 0.00277. The van der Waals surface area contributed by atoms with E-state index in [4.69, 9.17) is 25.8 Å². The Bertz CT molecular complexity index is 1900. The van der Waals surface area contributed by atoms with Crippen molar-refractivity contribution in [2.45, 2.75) is 57.8 Å². The number of anilines is 1. The smallest absolute Gasteiger partial charge is 0.394 e. The number of hydrogen-bond acceptors (Lipinski definition) is 12. The number of rotatable bonds is 23. The van der Waals surface area contributed by atoms with E-state index in [1.165, 1.54) is 17.4 Å². The Morgan fingerprint density at radius 1 is 0.932 bits per heavy atom. The van der Waals surface area contributed by atoms with E-state index in [2.05, 4.69) is 40.3 Å². The number of carbonyl (C=O) groups excluding carboxylic acids is 3. The van der Waals surface area contributed by atoms with E-state index >= 15 is 0 Å². The average molecular weight is 870 g/mol. The lowest BCUT2D eigenvalue weighted by Crippen LogP contribution is -2.57. The number of nitrogens with one attached hydrogen (secondary N) is 4. The molecule has 1 aromatic heterocycles. The highest BCUT2D eigenvalue weighted by Gasteiger charge is 2.34. The summed E-state index contributed by atoms with van der Waals surface area (Å²) in [5.74, 6) is -1.48. The number of hydrogen-bond donors (Lipinski definition) is 7. The first kappa shape index (κ1) is 47.7. The number of thiophene rings is 1. The topological polar surface area (TPSA) is 200 Å². The average Bonchev–Trinajstić information content (AvgIpc) is 3.54. The largest absolute Gasteiger partial charge is 0.417 e. The van der Waals surface area contributed by atoms with Gasteiger partial charge in [0.15, 0.2) is 0 Å². The van der Waals surface area contributed by atoms with E-state index in [0.29, 0.717) is 62.9 Å². The Labute approximate surface area is 349 Å². The van der Waals surface area contributed by atoms with Crippen molar-refractivity contribution in [3.63, 3.8) is 0 Å². The van der Waals surface area contributed by atoms with Crippen molar-refractivity contribution < 1.29 is 57.1 Å². The van der Waals surface area contributed by atoms with Crippen molar-refractivity contribution in [3.8, 4) is 0 Å². The Balaban J connectivity index is 1.21. The van der Waals surface area contributed by atoms with E-state index in [9.17, 15) is 42.9 Å². The van der Waals surface area contributed by atoms with Gasteiger partial charge in [0.05, 0.1) is 81.8 Å². The lowest BCUT2D eigenvalue weighted by atomic mass is 9.77. The molecule has 4 rings (SSSR count). The second kappa shape index (κ2) is 22.6. The number of ether oxygens (including phenoxy) is 3. The molecule has 0 saturated carbocycles. The lowest BCUT2D eigenvalue weighted by Gasteiger charge is -2.29. The summed E-state index contributed by atoms with van der Waals surface area (Å²) >= 11 is 7.05. The van der Waals surface area contributed by atoms with Gasteiger partial charge in [0, 0.05) is 30.0 Å². The molecule has 0 spiro atoms. The van der Waals surface area contributed by atoms with E-state index in [1.807, 2.05) is 6.07 Å². The van der Waals surface area contributed by atoms with Crippen LogP contribution in [0, 0.1) is 5.41 Å². The monoisotopic (exact) mass is 869 g/mol. The third-order valence-corrected chi connectivity index (χ3v) is 10.9. The summed E-state index contributed by atoms with van der Waals surface area (Å²) in [6.07, 6.45) is -1.42. The van der Waals surface area contributed by atoms with Crippen LogP contribution in [0.3, 0.4) is 0 Å². The van der Waals surface area contributed by atoms with Gasteiger partial charge in [-0.15, -0.1) is 11.3 Å². The number of amides is 3. The van der Waals surface area contributed by atoms with E-state index < -0.39 is 59.8 Å². The van der Waals surface area contributed by atoms with Gasteiger partial charge in [0.25, 0.3) is 11.8 Å². The zero-order valence-corrected chi connectivity index (χ0v) is 34.5. The third-order valence-electron chi connectivity index (χ3n) is 9.38. The molecular formula is C40H51ClF3N5O9S. The molecule has 7 N–H and O–H groups in total. The number of aliphatic hydroxyl groups excluding tert-OH is 3. The van der Waals surface area contributed by atoms with Gasteiger partial charge in [-0.2, -0.15) is 18.3 Å². The van der Waals surface area contributed by atoms with E-state index in [1.54, 1.807) is 18.2 Å². The Kier molecular flexibility index (Phi) is 18.2. The zero-order valence-electron chi connectivity index (χ0n) is 32.9. The van der Waals surface area contributed by atoms with Crippen molar-refractivity contribution >= 4 is 51.9 Å². The molecule has 0 radical (unpaired) electrons. The molecule has 2 aromatic carbocycles. The number of benzene rings is 2. The summed E-state index contributed by atoms with van der Waals surface area (Å²) in [7, 11) is 0. The van der Waals surface area contributed by atoms with Gasteiger partial charge < -0.3 is 45.5 Å². The van der Waals surface area contributed by atoms with Gasteiger partial charge in [-0.25, -0.2) is 5.43 Å². The van der Waals surface area contributed by atoms with Crippen molar-refractivity contribution in [3.05, 3.63) is 85.7 Å². The van der Waals surface area contributed by atoms with Gasteiger partial charge in [0.1, 0.15) is 10.5 Å². The van der Waals surface area contributed by atoms with Crippen LogP contribution in [0.4, 0.5) is 18.2 Å². The molecule has 324 valence electrons. The van der Waals surface area contributed by atoms with Crippen LogP contribution in [-0.4, -0.2) is 111 Å². The lowest BCUT2D eigenvalue weighted by molar-refractivity contribution is -0.137. The second-order valence-corrected chi connectivity index (χ2v) is 16.2. The van der Waals surface area contributed by atoms with Crippen LogP contribution >= 0.6 is 22.9 Å². The van der Waals surface area contributed by atoms with Crippen molar-refractivity contribution in [2.24, 2.45) is 10.5 Å². The Morgan fingerprint density at radius 2 is 1.61 bits per heavy atom. The SMILES string of the molecule is CC1(C)CCc2c(sc(NC(=O)c3cccc(CNCCOCCOCCOCCC(=O)NC(CO)(CO)CO)c3)c2C(=O)N/N=C/c2ccc(Cl)c(C(F)(F)F)c2)C1. The summed E-state index contributed by atoms with van der Waals surface area (Å²) in [5.41, 5.74) is 2.35. The zero-order chi connectivity index (χ0) is 43.1. The van der Waals surface area contributed by atoms with Gasteiger partial charge in [0.2, 0.25) is 5.91 Å². The highest BCUT2D eigenvalue weighted by Crippen LogP contribution is 2.44. The first-order valence-electron chi connectivity index (χ1n) is 18.9. The van der Waals surface area contributed by atoms with Crippen LogP contribution < -0.4 is 21.4 Å². The maximum Gasteiger partial charge on any atom is 0.417 e. The number of aliphatic hydroxyl groups is 3. The molecule has 1 aliphatic carbocycles. The molecular weight excluding hydrogens is 819 g/mol. The fourth-order valence-electron chi connectivity index (χ4n) is 6.00. The third kappa shape index (κ3) is 14.6.